The van der Waals surface area contributed by atoms with Gasteiger partial charge in [-0.2, -0.15) is 0 Å². The highest BCUT2D eigenvalue weighted by Gasteiger charge is 2.35. The molecule has 5 rings (SSSR count). The molecule has 0 atom stereocenters. The van der Waals surface area contributed by atoms with Crippen molar-refractivity contribution < 1.29 is 33.0 Å². The van der Waals surface area contributed by atoms with Crippen LogP contribution in [0.4, 0.5) is 8.78 Å². The molecular weight excluding hydrogens is 610 g/mol. The molecule has 0 aromatic heterocycles. The van der Waals surface area contributed by atoms with Crippen molar-refractivity contribution in [2.24, 2.45) is 0 Å². The Kier molecular flexibility index (Phi) is 11.1. The number of nitrogens with zero attached hydrogens (tertiary/aromatic N) is 1. The summed E-state index contributed by atoms with van der Waals surface area (Å²) >= 11 is 3.62. The van der Waals surface area contributed by atoms with Gasteiger partial charge in [0.05, 0.1) is 0 Å². The Bertz CT molecular complexity index is 1430. The number of rotatable bonds is 10. The van der Waals surface area contributed by atoms with Crippen molar-refractivity contribution in [1.82, 2.24) is 10.2 Å². The molecule has 1 saturated carbocycles. The lowest BCUT2D eigenvalue weighted by molar-refractivity contribution is -0.128. The van der Waals surface area contributed by atoms with E-state index >= 15 is 0 Å². The molecule has 0 unspecified atom stereocenters. The summed E-state index contributed by atoms with van der Waals surface area (Å²) < 4.78 is 40.0. The van der Waals surface area contributed by atoms with Crippen molar-refractivity contribution >= 4 is 33.9 Å². The third-order valence-corrected chi connectivity index (χ3v) is 7.84. The first kappa shape index (κ1) is 31.2. The molecule has 222 valence electrons. The van der Waals surface area contributed by atoms with Gasteiger partial charge in [-0.1, -0.05) is 52.3 Å². The smallest absolute Gasteiger partial charge is 0.290 e. The maximum atomic E-state index is 14.1. The number of aryl methyl sites for hydroxylation is 1. The summed E-state index contributed by atoms with van der Waals surface area (Å²) in [5, 5.41) is 10.3. The molecule has 2 aliphatic rings. The van der Waals surface area contributed by atoms with E-state index in [4.69, 9.17) is 19.4 Å². The molecule has 42 heavy (non-hydrogen) atoms. The minimum atomic E-state index is -0.736. The molecule has 1 aliphatic heterocycles. The second kappa shape index (κ2) is 14.9. The van der Waals surface area contributed by atoms with Crippen LogP contribution < -0.4 is 14.8 Å². The number of nitrogens with one attached hydrogen (secondary N) is 1. The van der Waals surface area contributed by atoms with Crippen molar-refractivity contribution in [3.8, 4) is 11.5 Å². The van der Waals surface area contributed by atoms with Crippen molar-refractivity contribution in [2.75, 3.05) is 26.3 Å². The first-order chi connectivity index (χ1) is 20.3. The van der Waals surface area contributed by atoms with E-state index in [0.717, 1.165) is 52.6 Å². The lowest BCUT2D eigenvalue weighted by atomic mass is 9.93. The van der Waals surface area contributed by atoms with E-state index in [2.05, 4.69) is 27.3 Å². The van der Waals surface area contributed by atoms with Gasteiger partial charge >= 0.3 is 0 Å². The van der Waals surface area contributed by atoms with Crippen LogP contribution in [0.25, 0.3) is 5.57 Å². The van der Waals surface area contributed by atoms with Crippen LogP contribution in [-0.4, -0.2) is 54.7 Å². The van der Waals surface area contributed by atoms with Crippen molar-refractivity contribution in [3.05, 3.63) is 99.0 Å². The van der Waals surface area contributed by atoms with E-state index in [9.17, 15) is 13.6 Å². The van der Waals surface area contributed by atoms with Crippen LogP contribution in [0.15, 0.2) is 70.7 Å². The Balaban J connectivity index is 0.00000129. The van der Waals surface area contributed by atoms with E-state index in [1.807, 2.05) is 47.4 Å². The van der Waals surface area contributed by atoms with Crippen LogP contribution in [0.3, 0.4) is 0 Å². The molecule has 0 radical (unpaired) electrons. The number of hydrogen-bond donors (Lipinski definition) is 2. The summed E-state index contributed by atoms with van der Waals surface area (Å²) in [5.41, 5.74) is 4.27. The zero-order chi connectivity index (χ0) is 30.1. The highest BCUT2D eigenvalue weighted by molar-refractivity contribution is 9.10. The van der Waals surface area contributed by atoms with Crippen molar-refractivity contribution in [1.29, 1.82) is 0 Å². The van der Waals surface area contributed by atoms with E-state index in [0.29, 0.717) is 24.4 Å². The first-order valence-electron chi connectivity index (χ1n) is 13.7. The fourth-order valence-electron chi connectivity index (χ4n) is 4.76. The number of carbonyl (C=O) groups is 2. The summed E-state index contributed by atoms with van der Waals surface area (Å²) in [6.45, 7) is 3.36. The minimum Gasteiger partial charge on any atom is -0.490 e. The van der Waals surface area contributed by atoms with Crippen molar-refractivity contribution in [2.45, 2.75) is 38.8 Å². The molecule has 0 bridgehead atoms. The van der Waals surface area contributed by atoms with E-state index in [1.54, 1.807) is 6.92 Å². The highest BCUT2D eigenvalue weighted by Crippen LogP contribution is 2.34. The monoisotopic (exact) mass is 642 g/mol. The average Bonchev–Trinajstić information content (AvgIpc) is 3.84. The van der Waals surface area contributed by atoms with Crippen molar-refractivity contribution in [3.63, 3.8) is 0 Å². The fourth-order valence-corrected chi connectivity index (χ4v) is 5.17. The number of halogens is 3. The minimum absolute atomic E-state index is 0.00302. The van der Waals surface area contributed by atoms with Crippen LogP contribution in [0, 0.1) is 18.6 Å². The van der Waals surface area contributed by atoms with Gasteiger partial charge in [0.15, 0.2) is 17.4 Å². The Morgan fingerprint density at radius 1 is 1.07 bits per heavy atom. The maximum absolute atomic E-state index is 14.1. The molecule has 0 saturated heterocycles. The van der Waals surface area contributed by atoms with Gasteiger partial charge in [0.25, 0.3) is 12.4 Å². The molecule has 0 spiro atoms. The van der Waals surface area contributed by atoms with E-state index in [1.165, 1.54) is 12.1 Å². The number of ether oxygens (including phenoxy) is 2. The molecule has 7 nitrogen and oxygen atoms in total. The van der Waals surface area contributed by atoms with Crippen LogP contribution in [-0.2, 0) is 16.1 Å². The number of carboxylic acid groups (broad SMARTS) is 1. The Hall–Kier alpha value is -3.76. The zero-order valence-electron chi connectivity index (χ0n) is 23.2. The Labute approximate surface area is 252 Å². The summed E-state index contributed by atoms with van der Waals surface area (Å²) in [4.78, 5) is 24.2. The molecule has 1 aliphatic carbocycles. The largest absolute Gasteiger partial charge is 0.490 e. The first-order valence-corrected chi connectivity index (χ1v) is 14.5. The van der Waals surface area contributed by atoms with Gasteiger partial charge in [-0.15, -0.1) is 0 Å². The maximum Gasteiger partial charge on any atom is 0.290 e. The molecule has 2 N–H and O–H groups in total. The quantitative estimate of drug-likeness (QED) is 0.204. The van der Waals surface area contributed by atoms with Crippen LogP contribution in [0.5, 0.6) is 11.5 Å². The SMILES string of the molecule is Cc1ccc(F)c(OCCOc2ccc(C3=C(C(=O)N(Cc4ccccc4Br)C4CC4)CNCC3)cc2)c1F.O=CO. The third-order valence-electron chi connectivity index (χ3n) is 7.07. The lowest BCUT2D eigenvalue weighted by Gasteiger charge is -2.28. The second-order valence-electron chi connectivity index (χ2n) is 9.97. The molecule has 1 amide bonds. The highest BCUT2D eigenvalue weighted by atomic mass is 79.9. The number of carbonyl (C=O) groups excluding carboxylic acids is 1. The molecule has 1 heterocycles. The van der Waals surface area contributed by atoms with Crippen LogP contribution >= 0.6 is 15.9 Å². The number of amides is 1. The normalized spacial score (nSPS) is 14.5. The standard InChI is InChI=1S/C31H31BrF2N2O3.CH2O2/c1-20-6-13-28(33)30(29(20)34)39-17-16-38-24-11-7-21(8-12-24)25-14-15-35-18-26(25)31(37)36(23-9-10-23)19-22-4-2-3-5-27(22)32;2-1-3/h2-8,11-13,23,35H,9-10,14-19H2,1H3;1H,(H,2,3). The van der Waals surface area contributed by atoms with E-state index in [-0.39, 0.29) is 37.4 Å². The number of hydrogen-bond acceptors (Lipinski definition) is 5. The van der Waals surface area contributed by atoms with Gasteiger partial charge in [0.1, 0.15) is 19.0 Å². The van der Waals surface area contributed by atoms with Gasteiger partial charge in [-0.3, -0.25) is 9.59 Å². The summed E-state index contributed by atoms with van der Waals surface area (Å²) in [6, 6.07) is 18.5. The molecule has 10 heteroatoms. The summed E-state index contributed by atoms with van der Waals surface area (Å²) in [7, 11) is 0. The average molecular weight is 644 g/mol. The zero-order valence-corrected chi connectivity index (χ0v) is 24.8. The molecule has 3 aromatic rings. The van der Waals surface area contributed by atoms with Gasteiger partial charge in [0.2, 0.25) is 0 Å². The Morgan fingerprint density at radius 3 is 2.45 bits per heavy atom. The lowest BCUT2D eigenvalue weighted by Crippen LogP contribution is -2.39. The van der Waals surface area contributed by atoms with Gasteiger partial charge in [0, 0.05) is 29.2 Å². The van der Waals surface area contributed by atoms with Crippen LogP contribution in [0.1, 0.15) is 36.0 Å². The summed E-state index contributed by atoms with van der Waals surface area (Å²) in [5.74, 6) is -1.12. The fraction of sp³-hybridized carbons (Fsp3) is 0.312. The van der Waals surface area contributed by atoms with Gasteiger partial charge in [-0.05, 0) is 79.3 Å². The summed E-state index contributed by atoms with van der Waals surface area (Å²) in [6.07, 6.45) is 2.83. The predicted molar refractivity (Wildman–Crippen MR) is 159 cm³/mol. The molecule has 1 fully saturated rings. The topological polar surface area (TPSA) is 88.1 Å². The Morgan fingerprint density at radius 2 is 1.76 bits per heavy atom. The van der Waals surface area contributed by atoms with Gasteiger partial charge < -0.3 is 24.8 Å². The predicted octanol–water partition coefficient (Wildman–Crippen LogP) is 6.13. The van der Waals surface area contributed by atoms with Gasteiger partial charge in [-0.25, -0.2) is 8.78 Å². The van der Waals surface area contributed by atoms with E-state index < -0.39 is 11.6 Å². The third kappa shape index (κ3) is 7.95. The number of benzene rings is 3. The molecular formula is C32H33BrF2N2O5. The van der Waals surface area contributed by atoms with Crippen LogP contribution in [0.2, 0.25) is 0 Å². The molecule has 3 aromatic carbocycles. The second-order valence-corrected chi connectivity index (χ2v) is 10.8.